The Morgan fingerprint density at radius 3 is 2.86 bits per heavy atom. The van der Waals surface area contributed by atoms with Crippen molar-refractivity contribution in [3.8, 4) is 0 Å². The molecule has 3 aromatic heterocycles. The Morgan fingerprint density at radius 1 is 1.24 bits per heavy atom. The van der Waals surface area contributed by atoms with Crippen molar-refractivity contribution in [3.63, 3.8) is 0 Å². The second kappa shape index (κ2) is 6.88. The molecule has 0 bridgehead atoms. The molecule has 29 heavy (non-hydrogen) atoms. The third-order valence-corrected chi connectivity index (χ3v) is 5.84. The molecule has 0 radical (unpaired) electrons. The second-order valence-corrected chi connectivity index (χ2v) is 7.56. The normalized spacial score (nSPS) is 18.8. The highest BCUT2D eigenvalue weighted by molar-refractivity contribution is 6.00. The van der Waals surface area contributed by atoms with Crippen LogP contribution < -0.4 is 10.6 Å². The Balaban J connectivity index is 1.52. The monoisotopic (exact) mass is 389 g/mol. The maximum Gasteiger partial charge on any atom is 0.259 e. The second-order valence-electron chi connectivity index (χ2n) is 7.56. The fourth-order valence-electron chi connectivity index (χ4n) is 4.11. The van der Waals surface area contributed by atoms with Crippen LogP contribution in [0.4, 0.5) is 11.6 Å². The largest absolute Gasteiger partial charge is 0.383 e. The zero-order valence-electron chi connectivity index (χ0n) is 16.2. The summed E-state index contributed by atoms with van der Waals surface area (Å²) in [7, 11) is 0. The number of carbonyl (C=O) groups is 1. The molecule has 5 heterocycles. The van der Waals surface area contributed by atoms with Crippen molar-refractivity contribution >= 4 is 29.3 Å². The van der Waals surface area contributed by atoms with Crippen molar-refractivity contribution in [3.05, 3.63) is 54.0 Å². The molecule has 8 heteroatoms. The van der Waals surface area contributed by atoms with Gasteiger partial charge in [0.05, 0.1) is 12.2 Å². The zero-order chi connectivity index (χ0) is 20.0. The van der Waals surface area contributed by atoms with Crippen molar-refractivity contribution in [1.29, 1.82) is 0 Å². The van der Waals surface area contributed by atoms with E-state index >= 15 is 0 Å². The Kier molecular flexibility index (Phi) is 4.19. The van der Waals surface area contributed by atoms with Gasteiger partial charge in [-0.2, -0.15) is 5.10 Å². The number of aromatic nitrogens is 4. The van der Waals surface area contributed by atoms with Gasteiger partial charge < -0.3 is 15.5 Å². The van der Waals surface area contributed by atoms with E-state index in [9.17, 15) is 4.79 Å². The Morgan fingerprint density at radius 2 is 2.10 bits per heavy atom. The average molecular weight is 389 g/mol. The molecule has 2 aliphatic heterocycles. The number of hydrogen-bond acceptors (Lipinski definition) is 6. The van der Waals surface area contributed by atoms with Crippen LogP contribution in [0.1, 0.15) is 46.8 Å². The van der Waals surface area contributed by atoms with Gasteiger partial charge >= 0.3 is 0 Å². The van der Waals surface area contributed by atoms with E-state index in [1.807, 2.05) is 17.2 Å². The number of anilines is 2. The van der Waals surface area contributed by atoms with E-state index in [4.69, 9.17) is 10.7 Å². The van der Waals surface area contributed by atoms with Crippen LogP contribution in [-0.2, 0) is 0 Å². The lowest BCUT2D eigenvalue weighted by molar-refractivity contribution is 0.0653. The van der Waals surface area contributed by atoms with E-state index in [0.29, 0.717) is 17.0 Å². The fourth-order valence-corrected chi connectivity index (χ4v) is 4.11. The molecule has 3 aromatic rings. The third-order valence-electron chi connectivity index (χ3n) is 5.84. The van der Waals surface area contributed by atoms with E-state index < -0.39 is 0 Å². The molecule has 2 N–H and O–H groups in total. The Labute approximate surface area is 168 Å². The molecule has 0 unspecified atom stereocenters. The highest BCUT2D eigenvalue weighted by Crippen LogP contribution is 2.37. The molecule has 0 spiro atoms. The Hall–Kier alpha value is -3.42. The number of rotatable bonds is 4. The van der Waals surface area contributed by atoms with E-state index in [0.717, 1.165) is 55.8 Å². The summed E-state index contributed by atoms with van der Waals surface area (Å²) in [5.74, 6) is 1.36. The standard InChI is InChI=1S/C21H23N7O/c1-2-14-11-15(19(22)23-12-14)17-5-3-9-27(17)18-6-10-28-20(25-18)16(13-24-28)21(29)26-7-4-8-26/h2,6,10-13,17H,1,3-5,7-9H2,(H2,22,23)/t17-/m1/s1. The van der Waals surface area contributed by atoms with Crippen molar-refractivity contribution in [2.45, 2.75) is 25.3 Å². The first-order chi connectivity index (χ1) is 14.2. The predicted molar refractivity (Wildman–Crippen MR) is 112 cm³/mol. The molecular weight excluding hydrogens is 366 g/mol. The number of nitrogen functional groups attached to an aromatic ring is 1. The highest BCUT2D eigenvalue weighted by Gasteiger charge is 2.30. The topological polar surface area (TPSA) is 92.7 Å². The third kappa shape index (κ3) is 2.91. The summed E-state index contributed by atoms with van der Waals surface area (Å²) in [6.07, 6.45) is 10.0. The van der Waals surface area contributed by atoms with Crippen LogP contribution in [0.25, 0.3) is 11.7 Å². The molecule has 1 amide bonds. The van der Waals surface area contributed by atoms with Crippen LogP contribution in [0.3, 0.4) is 0 Å². The van der Waals surface area contributed by atoms with E-state index in [1.54, 1.807) is 23.0 Å². The van der Waals surface area contributed by atoms with Crippen LogP contribution >= 0.6 is 0 Å². The van der Waals surface area contributed by atoms with Gasteiger partial charge in [-0.25, -0.2) is 14.5 Å². The smallest absolute Gasteiger partial charge is 0.259 e. The number of likely N-dealkylation sites (tertiary alicyclic amines) is 1. The Bertz CT molecular complexity index is 1100. The molecule has 0 aromatic carbocycles. The SMILES string of the molecule is C=Cc1cnc(N)c([C@H]2CCCN2c2ccn3ncc(C(=O)N4CCC4)c3n2)c1. The molecular formula is C21H23N7O. The van der Waals surface area contributed by atoms with E-state index in [1.165, 1.54) is 0 Å². The molecule has 5 rings (SSSR count). The molecule has 8 nitrogen and oxygen atoms in total. The van der Waals surface area contributed by atoms with Crippen molar-refractivity contribution in [1.82, 2.24) is 24.5 Å². The average Bonchev–Trinajstić information content (AvgIpc) is 3.33. The first-order valence-electron chi connectivity index (χ1n) is 9.94. The molecule has 0 saturated carbocycles. The lowest BCUT2D eigenvalue weighted by Crippen LogP contribution is -2.42. The summed E-state index contributed by atoms with van der Waals surface area (Å²) >= 11 is 0. The molecule has 2 saturated heterocycles. The number of nitrogens with two attached hydrogens (primary N) is 1. The summed E-state index contributed by atoms with van der Waals surface area (Å²) in [6.45, 7) is 6.31. The zero-order valence-corrected chi connectivity index (χ0v) is 16.2. The minimum Gasteiger partial charge on any atom is -0.383 e. The summed E-state index contributed by atoms with van der Waals surface area (Å²) < 4.78 is 1.66. The van der Waals surface area contributed by atoms with Gasteiger partial charge in [0, 0.05) is 37.6 Å². The number of amides is 1. The summed E-state index contributed by atoms with van der Waals surface area (Å²) in [5, 5.41) is 4.31. The van der Waals surface area contributed by atoms with Gasteiger partial charge in [0.2, 0.25) is 0 Å². The van der Waals surface area contributed by atoms with Crippen LogP contribution in [0, 0.1) is 0 Å². The molecule has 1 atom stereocenters. The van der Waals surface area contributed by atoms with Crippen molar-refractivity contribution < 1.29 is 4.79 Å². The number of fused-ring (bicyclic) bond motifs is 1. The van der Waals surface area contributed by atoms with Crippen LogP contribution in [0.5, 0.6) is 0 Å². The lowest BCUT2D eigenvalue weighted by Gasteiger charge is -2.30. The van der Waals surface area contributed by atoms with Gasteiger partial charge in [-0.3, -0.25) is 4.79 Å². The molecule has 0 aliphatic carbocycles. The molecule has 2 aliphatic rings. The highest BCUT2D eigenvalue weighted by atomic mass is 16.2. The number of carbonyl (C=O) groups excluding carboxylic acids is 1. The van der Waals surface area contributed by atoms with Crippen LogP contribution in [0.15, 0.2) is 37.3 Å². The molecule has 148 valence electrons. The van der Waals surface area contributed by atoms with Gasteiger partial charge in [-0.05, 0) is 37.0 Å². The first kappa shape index (κ1) is 17.7. The summed E-state index contributed by atoms with van der Waals surface area (Å²) in [5.41, 5.74) is 9.29. The maximum absolute atomic E-state index is 12.7. The lowest BCUT2D eigenvalue weighted by atomic mass is 10.0. The number of nitrogens with zero attached hydrogens (tertiary/aromatic N) is 6. The van der Waals surface area contributed by atoms with Crippen molar-refractivity contribution in [2.24, 2.45) is 0 Å². The van der Waals surface area contributed by atoms with Gasteiger partial charge in [0.25, 0.3) is 5.91 Å². The van der Waals surface area contributed by atoms with E-state index in [2.05, 4.69) is 27.6 Å². The minimum absolute atomic E-state index is 0.000926. The van der Waals surface area contributed by atoms with Gasteiger partial charge in [0.15, 0.2) is 5.65 Å². The quantitative estimate of drug-likeness (QED) is 0.737. The number of hydrogen-bond donors (Lipinski definition) is 1. The first-order valence-corrected chi connectivity index (χ1v) is 9.94. The number of pyridine rings is 1. The van der Waals surface area contributed by atoms with E-state index in [-0.39, 0.29) is 11.9 Å². The predicted octanol–water partition coefficient (Wildman–Crippen LogP) is 2.54. The van der Waals surface area contributed by atoms with Gasteiger partial charge in [-0.1, -0.05) is 12.7 Å². The van der Waals surface area contributed by atoms with Gasteiger partial charge in [-0.15, -0.1) is 0 Å². The summed E-state index contributed by atoms with van der Waals surface area (Å²) in [4.78, 5) is 25.9. The van der Waals surface area contributed by atoms with Crippen LogP contribution in [-0.4, -0.2) is 50.0 Å². The molecule has 2 fully saturated rings. The summed E-state index contributed by atoms with van der Waals surface area (Å²) in [6, 6.07) is 4.08. The van der Waals surface area contributed by atoms with Crippen molar-refractivity contribution in [2.75, 3.05) is 30.3 Å². The van der Waals surface area contributed by atoms with Crippen LogP contribution in [0.2, 0.25) is 0 Å². The minimum atomic E-state index is 0.000926. The maximum atomic E-state index is 12.7. The van der Waals surface area contributed by atoms with Gasteiger partial charge in [0.1, 0.15) is 17.2 Å². The fraction of sp³-hybridized carbons (Fsp3) is 0.333.